The number of amides is 1. The number of aromatic nitrogens is 3. The largest absolute Gasteiger partial charge is 0.454 e. The van der Waals surface area contributed by atoms with Crippen LogP contribution >= 0.6 is 11.8 Å². The Balaban J connectivity index is 1.46. The number of pyridine rings is 1. The lowest BCUT2D eigenvalue weighted by Gasteiger charge is -2.09. The predicted molar refractivity (Wildman–Crippen MR) is 112 cm³/mol. The number of nitrogens with one attached hydrogen (secondary N) is 1. The standard InChI is InChI=1S/C21H18N4O3S/c1-12-5-3-4-6-15(12)22-19(26)10-29-21-24-23-20-13(2)7-14-8-17-18(28-11-27-17)9-16(14)25(20)21/h3-9H,10-11H2,1-2H3,(H,22,26). The van der Waals surface area contributed by atoms with Gasteiger partial charge in [0.15, 0.2) is 22.3 Å². The Kier molecular flexibility index (Phi) is 4.28. The molecule has 4 aromatic rings. The van der Waals surface area contributed by atoms with Gasteiger partial charge in [0.2, 0.25) is 12.7 Å². The molecule has 7 nitrogen and oxygen atoms in total. The lowest BCUT2D eigenvalue weighted by molar-refractivity contribution is -0.113. The van der Waals surface area contributed by atoms with Crippen molar-refractivity contribution in [3.63, 3.8) is 0 Å². The topological polar surface area (TPSA) is 77.8 Å². The average Bonchev–Trinajstić information content (AvgIpc) is 3.33. The number of carbonyl (C=O) groups excluding carboxylic acids is 1. The molecule has 1 N–H and O–H groups in total. The van der Waals surface area contributed by atoms with Crippen LogP contribution in [0.4, 0.5) is 5.69 Å². The van der Waals surface area contributed by atoms with E-state index in [-0.39, 0.29) is 18.5 Å². The Morgan fingerprint density at radius 3 is 2.72 bits per heavy atom. The highest BCUT2D eigenvalue weighted by molar-refractivity contribution is 7.99. The second-order valence-corrected chi connectivity index (χ2v) is 7.83. The molecule has 3 heterocycles. The van der Waals surface area contributed by atoms with E-state index in [1.807, 2.05) is 54.6 Å². The van der Waals surface area contributed by atoms with Crippen LogP contribution in [0.15, 0.2) is 47.6 Å². The van der Waals surface area contributed by atoms with E-state index in [1.165, 1.54) is 11.8 Å². The van der Waals surface area contributed by atoms with E-state index in [2.05, 4.69) is 21.6 Å². The van der Waals surface area contributed by atoms with Gasteiger partial charge in [-0.3, -0.25) is 9.20 Å². The van der Waals surface area contributed by atoms with Crippen molar-refractivity contribution in [3.8, 4) is 11.5 Å². The molecule has 1 aliphatic rings. The summed E-state index contributed by atoms with van der Waals surface area (Å²) in [5, 5.41) is 13.3. The van der Waals surface area contributed by atoms with E-state index in [4.69, 9.17) is 9.47 Å². The summed E-state index contributed by atoms with van der Waals surface area (Å²) in [7, 11) is 0. The SMILES string of the molecule is Cc1ccccc1NC(=O)CSc1nnc2c(C)cc3cc4c(cc3n12)OCO4. The molecule has 8 heteroatoms. The van der Waals surface area contributed by atoms with Crippen LogP contribution in [0.5, 0.6) is 11.5 Å². The highest BCUT2D eigenvalue weighted by atomic mass is 32.2. The van der Waals surface area contributed by atoms with Crippen molar-refractivity contribution < 1.29 is 14.3 Å². The molecule has 0 aliphatic carbocycles. The maximum atomic E-state index is 12.5. The smallest absolute Gasteiger partial charge is 0.234 e. The first-order valence-electron chi connectivity index (χ1n) is 9.16. The number of para-hydroxylation sites is 1. The van der Waals surface area contributed by atoms with Gasteiger partial charge < -0.3 is 14.8 Å². The van der Waals surface area contributed by atoms with Crippen LogP contribution in [0.3, 0.4) is 0 Å². The van der Waals surface area contributed by atoms with Crippen molar-refractivity contribution in [1.82, 2.24) is 14.6 Å². The maximum Gasteiger partial charge on any atom is 0.234 e. The first-order chi connectivity index (χ1) is 14.1. The fraction of sp³-hybridized carbons (Fsp3) is 0.190. The lowest BCUT2D eigenvalue weighted by Crippen LogP contribution is -2.15. The summed E-state index contributed by atoms with van der Waals surface area (Å²) < 4.78 is 13.0. The summed E-state index contributed by atoms with van der Waals surface area (Å²) in [6.07, 6.45) is 0. The Hall–Kier alpha value is -3.26. The van der Waals surface area contributed by atoms with Crippen molar-refractivity contribution in [2.24, 2.45) is 0 Å². The summed E-state index contributed by atoms with van der Waals surface area (Å²) in [6.45, 7) is 4.18. The molecule has 2 aromatic carbocycles. The van der Waals surface area contributed by atoms with E-state index < -0.39 is 0 Å². The Bertz CT molecular complexity index is 1270. The fourth-order valence-corrected chi connectivity index (χ4v) is 4.16. The van der Waals surface area contributed by atoms with Crippen LogP contribution in [-0.4, -0.2) is 33.1 Å². The zero-order valence-electron chi connectivity index (χ0n) is 15.9. The number of hydrogen-bond donors (Lipinski definition) is 1. The van der Waals surface area contributed by atoms with Gasteiger partial charge in [-0.25, -0.2) is 0 Å². The summed E-state index contributed by atoms with van der Waals surface area (Å²) in [6, 6.07) is 13.7. The quantitative estimate of drug-likeness (QED) is 0.517. The molecular formula is C21H18N4O3S. The van der Waals surface area contributed by atoms with Crippen molar-refractivity contribution in [1.29, 1.82) is 0 Å². The zero-order valence-corrected chi connectivity index (χ0v) is 16.7. The molecule has 0 radical (unpaired) electrons. The highest BCUT2D eigenvalue weighted by Gasteiger charge is 2.19. The van der Waals surface area contributed by atoms with Gasteiger partial charge in [-0.05, 0) is 43.2 Å². The van der Waals surface area contributed by atoms with Crippen LogP contribution in [0.2, 0.25) is 0 Å². The Morgan fingerprint density at radius 2 is 1.90 bits per heavy atom. The molecule has 0 fully saturated rings. The van der Waals surface area contributed by atoms with Crippen LogP contribution in [0.25, 0.3) is 16.6 Å². The van der Waals surface area contributed by atoms with E-state index >= 15 is 0 Å². The van der Waals surface area contributed by atoms with Crippen molar-refractivity contribution >= 4 is 39.9 Å². The number of fused-ring (bicyclic) bond motifs is 4. The minimum Gasteiger partial charge on any atom is -0.454 e. The van der Waals surface area contributed by atoms with Crippen LogP contribution in [0.1, 0.15) is 11.1 Å². The molecule has 2 aromatic heterocycles. The monoisotopic (exact) mass is 406 g/mol. The highest BCUT2D eigenvalue weighted by Crippen LogP contribution is 2.37. The average molecular weight is 406 g/mol. The number of carbonyl (C=O) groups is 1. The third kappa shape index (κ3) is 3.15. The minimum atomic E-state index is -0.0874. The number of anilines is 1. The van der Waals surface area contributed by atoms with Crippen molar-refractivity contribution in [3.05, 3.63) is 53.6 Å². The third-order valence-electron chi connectivity index (χ3n) is 4.87. The van der Waals surface area contributed by atoms with E-state index in [1.54, 1.807) is 0 Å². The first-order valence-corrected chi connectivity index (χ1v) is 10.1. The maximum absolute atomic E-state index is 12.5. The number of thioether (sulfide) groups is 1. The fourth-order valence-electron chi connectivity index (χ4n) is 3.42. The van der Waals surface area contributed by atoms with Crippen LogP contribution in [0, 0.1) is 13.8 Å². The van der Waals surface area contributed by atoms with E-state index in [9.17, 15) is 4.79 Å². The second kappa shape index (κ2) is 6.97. The first kappa shape index (κ1) is 17.8. The number of hydrogen-bond acceptors (Lipinski definition) is 6. The van der Waals surface area contributed by atoms with E-state index in [0.29, 0.717) is 10.9 Å². The number of nitrogens with zero attached hydrogens (tertiary/aromatic N) is 3. The number of benzene rings is 2. The molecular weight excluding hydrogens is 388 g/mol. The molecule has 146 valence electrons. The van der Waals surface area contributed by atoms with Crippen LogP contribution < -0.4 is 14.8 Å². The molecule has 0 spiro atoms. The molecule has 0 saturated heterocycles. The van der Waals surface area contributed by atoms with Gasteiger partial charge in [-0.2, -0.15) is 0 Å². The molecule has 0 bridgehead atoms. The predicted octanol–water partition coefficient (Wildman–Crippen LogP) is 3.96. The molecule has 0 saturated carbocycles. The summed E-state index contributed by atoms with van der Waals surface area (Å²) >= 11 is 1.35. The summed E-state index contributed by atoms with van der Waals surface area (Å²) in [5.41, 5.74) is 4.52. The van der Waals surface area contributed by atoms with Gasteiger partial charge in [0, 0.05) is 17.1 Å². The number of ether oxygens (including phenoxy) is 2. The summed E-state index contributed by atoms with van der Waals surface area (Å²) in [4.78, 5) is 12.5. The second-order valence-electron chi connectivity index (χ2n) is 6.88. The zero-order chi connectivity index (χ0) is 20.0. The van der Waals surface area contributed by atoms with Crippen molar-refractivity contribution in [2.75, 3.05) is 17.9 Å². The van der Waals surface area contributed by atoms with Crippen molar-refractivity contribution in [2.45, 2.75) is 19.0 Å². The molecule has 5 rings (SSSR count). The third-order valence-corrected chi connectivity index (χ3v) is 5.80. The molecule has 1 aliphatic heterocycles. The number of rotatable bonds is 4. The molecule has 29 heavy (non-hydrogen) atoms. The van der Waals surface area contributed by atoms with Gasteiger partial charge >= 0.3 is 0 Å². The Labute approximate surface area is 171 Å². The van der Waals surface area contributed by atoms with Gasteiger partial charge in [-0.15, -0.1) is 10.2 Å². The summed E-state index contributed by atoms with van der Waals surface area (Å²) in [5.74, 6) is 1.58. The van der Waals surface area contributed by atoms with Gasteiger partial charge in [0.1, 0.15) is 0 Å². The lowest BCUT2D eigenvalue weighted by atomic mass is 10.1. The molecule has 1 amide bonds. The number of aryl methyl sites for hydroxylation is 2. The Morgan fingerprint density at radius 1 is 1.10 bits per heavy atom. The van der Waals surface area contributed by atoms with Gasteiger partial charge in [-0.1, -0.05) is 30.0 Å². The van der Waals surface area contributed by atoms with Crippen LogP contribution in [-0.2, 0) is 4.79 Å². The normalized spacial score (nSPS) is 12.6. The molecule has 0 unspecified atom stereocenters. The van der Waals surface area contributed by atoms with Gasteiger partial charge in [0.25, 0.3) is 0 Å². The van der Waals surface area contributed by atoms with Gasteiger partial charge in [0.05, 0.1) is 11.3 Å². The molecule has 0 atom stereocenters. The van der Waals surface area contributed by atoms with E-state index in [0.717, 1.165) is 39.1 Å². The minimum absolute atomic E-state index is 0.0874.